The van der Waals surface area contributed by atoms with E-state index in [0.717, 1.165) is 66.1 Å². The van der Waals surface area contributed by atoms with Crippen LogP contribution < -0.4 is 5.32 Å². The van der Waals surface area contributed by atoms with Crippen LogP contribution in [0.5, 0.6) is 0 Å². The van der Waals surface area contributed by atoms with Crippen LogP contribution in [0, 0.1) is 0 Å². The molecule has 33 heavy (non-hydrogen) atoms. The maximum absolute atomic E-state index is 9.16. The van der Waals surface area contributed by atoms with Gasteiger partial charge in [0.2, 0.25) is 0 Å². The summed E-state index contributed by atoms with van der Waals surface area (Å²) in [4.78, 5) is 13.4. The molecule has 8 heteroatoms. The molecule has 0 saturated heterocycles. The highest BCUT2D eigenvalue weighted by atomic mass is 35.5. The molecule has 6 nitrogen and oxygen atoms in total. The first kappa shape index (κ1) is 20.8. The number of halogens is 2. The second-order valence-corrected chi connectivity index (χ2v) is 10.0. The summed E-state index contributed by atoms with van der Waals surface area (Å²) in [5.41, 5.74) is 15.2. The summed E-state index contributed by atoms with van der Waals surface area (Å²) in [6.07, 6.45) is 5.12. The minimum absolute atomic E-state index is 0.124. The SMILES string of the molecule is [N-]=[N+]=N[C@@H]1Cc2ccccc2[C@H]1Nc1nc(C2CC2)c(-c2ccc(Cl)cc2Cl)nc1C1CC1. The second kappa shape index (κ2) is 8.21. The van der Waals surface area contributed by atoms with Crippen LogP contribution in [0.1, 0.15) is 66.1 Å². The lowest BCUT2D eigenvalue weighted by molar-refractivity contribution is 0.618. The number of aromatic nitrogens is 2. The topological polar surface area (TPSA) is 86.6 Å². The van der Waals surface area contributed by atoms with E-state index in [0.29, 0.717) is 21.9 Å². The number of hydrogen-bond acceptors (Lipinski definition) is 4. The fraction of sp³-hybridized carbons (Fsp3) is 0.360. The van der Waals surface area contributed by atoms with Crippen LogP contribution in [0.4, 0.5) is 5.82 Å². The van der Waals surface area contributed by atoms with Crippen LogP contribution in [-0.2, 0) is 6.42 Å². The molecule has 3 aliphatic carbocycles. The first-order valence-corrected chi connectivity index (χ1v) is 12.1. The van der Waals surface area contributed by atoms with Crippen molar-refractivity contribution in [1.82, 2.24) is 9.97 Å². The van der Waals surface area contributed by atoms with Crippen LogP contribution in [0.2, 0.25) is 10.0 Å². The largest absolute Gasteiger partial charge is 0.361 e. The number of nitrogens with zero attached hydrogens (tertiary/aromatic N) is 5. The highest BCUT2D eigenvalue weighted by Gasteiger charge is 2.37. The van der Waals surface area contributed by atoms with Crippen molar-refractivity contribution in [3.63, 3.8) is 0 Å². The molecule has 1 aromatic heterocycles. The molecule has 2 aromatic carbocycles. The van der Waals surface area contributed by atoms with Crippen LogP contribution >= 0.6 is 23.2 Å². The fourth-order valence-corrected chi connectivity index (χ4v) is 5.30. The van der Waals surface area contributed by atoms with Gasteiger partial charge in [-0.05, 0) is 67.0 Å². The third-order valence-corrected chi connectivity index (χ3v) is 7.31. The molecule has 2 saturated carbocycles. The predicted octanol–water partition coefficient (Wildman–Crippen LogP) is 7.59. The molecule has 0 amide bonds. The smallest absolute Gasteiger partial charge is 0.148 e. The molecule has 2 atom stereocenters. The Bertz CT molecular complexity index is 1290. The van der Waals surface area contributed by atoms with Crippen molar-refractivity contribution in [3.05, 3.63) is 85.5 Å². The maximum Gasteiger partial charge on any atom is 0.148 e. The van der Waals surface area contributed by atoms with E-state index in [9.17, 15) is 0 Å². The van der Waals surface area contributed by atoms with Gasteiger partial charge in [-0.2, -0.15) is 0 Å². The monoisotopic (exact) mass is 476 g/mol. The molecule has 3 aromatic rings. The first-order valence-electron chi connectivity index (χ1n) is 11.4. The third kappa shape index (κ3) is 3.93. The Balaban J connectivity index is 1.46. The summed E-state index contributed by atoms with van der Waals surface area (Å²) in [5, 5.41) is 8.95. The molecule has 1 N–H and O–H groups in total. The van der Waals surface area contributed by atoms with Crippen molar-refractivity contribution in [3.8, 4) is 11.3 Å². The van der Waals surface area contributed by atoms with Gasteiger partial charge in [0.15, 0.2) is 0 Å². The lowest BCUT2D eigenvalue weighted by atomic mass is 10.0. The number of hydrogen-bond donors (Lipinski definition) is 1. The fourth-order valence-electron chi connectivity index (χ4n) is 4.80. The highest BCUT2D eigenvalue weighted by molar-refractivity contribution is 6.36. The van der Waals surface area contributed by atoms with Crippen molar-refractivity contribution in [2.45, 2.75) is 56.0 Å². The zero-order chi connectivity index (χ0) is 22.5. The van der Waals surface area contributed by atoms with Gasteiger partial charge >= 0.3 is 0 Å². The Morgan fingerprint density at radius 2 is 1.73 bits per heavy atom. The highest BCUT2D eigenvalue weighted by Crippen LogP contribution is 2.49. The van der Waals surface area contributed by atoms with Crippen molar-refractivity contribution < 1.29 is 0 Å². The number of rotatable bonds is 6. The van der Waals surface area contributed by atoms with Crippen molar-refractivity contribution in [2.75, 3.05) is 5.32 Å². The van der Waals surface area contributed by atoms with Gasteiger partial charge in [0, 0.05) is 27.3 Å². The van der Waals surface area contributed by atoms with E-state index in [2.05, 4.69) is 27.5 Å². The van der Waals surface area contributed by atoms with E-state index in [1.54, 1.807) is 6.07 Å². The van der Waals surface area contributed by atoms with Crippen LogP contribution in [0.15, 0.2) is 47.6 Å². The molecule has 2 fully saturated rings. The van der Waals surface area contributed by atoms with Crippen LogP contribution in [-0.4, -0.2) is 16.0 Å². The van der Waals surface area contributed by atoms with Gasteiger partial charge in [-0.3, -0.25) is 0 Å². The van der Waals surface area contributed by atoms with Gasteiger partial charge in [-0.15, -0.1) is 0 Å². The summed E-state index contributed by atoms with van der Waals surface area (Å²) < 4.78 is 0. The first-order chi connectivity index (χ1) is 16.1. The summed E-state index contributed by atoms with van der Waals surface area (Å²) in [5.74, 6) is 1.58. The molecule has 0 aliphatic heterocycles. The molecule has 1 heterocycles. The summed E-state index contributed by atoms with van der Waals surface area (Å²) >= 11 is 12.7. The molecule has 3 aliphatic rings. The van der Waals surface area contributed by atoms with Crippen molar-refractivity contribution in [2.24, 2.45) is 5.11 Å². The third-order valence-electron chi connectivity index (χ3n) is 6.76. The van der Waals surface area contributed by atoms with E-state index in [1.165, 1.54) is 5.56 Å². The van der Waals surface area contributed by atoms with E-state index >= 15 is 0 Å². The number of nitrogens with one attached hydrogen (secondary N) is 1. The lowest BCUT2D eigenvalue weighted by Gasteiger charge is -2.22. The van der Waals surface area contributed by atoms with Gasteiger partial charge in [0.1, 0.15) is 5.82 Å². The molecule has 166 valence electrons. The van der Waals surface area contributed by atoms with E-state index in [1.807, 2.05) is 24.3 Å². The van der Waals surface area contributed by atoms with Gasteiger partial charge in [-0.1, -0.05) is 52.6 Å². The predicted molar refractivity (Wildman–Crippen MR) is 131 cm³/mol. The molecule has 0 radical (unpaired) electrons. The maximum atomic E-state index is 9.16. The van der Waals surface area contributed by atoms with E-state index < -0.39 is 0 Å². The number of azide groups is 1. The van der Waals surface area contributed by atoms with Gasteiger partial charge in [0.05, 0.1) is 34.2 Å². The average molecular weight is 477 g/mol. The molecular weight excluding hydrogens is 455 g/mol. The zero-order valence-corrected chi connectivity index (χ0v) is 19.4. The molecule has 0 unspecified atom stereocenters. The average Bonchev–Trinajstić information content (AvgIpc) is 3.72. The number of benzene rings is 2. The molecular formula is C25H22Cl2N6. The van der Waals surface area contributed by atoms with Crippen molar-refractivity contribution in [1.29, 1.82) is 0 Å². The lowest BCUT2D eigenvalue weighted by Crippen LogP contribution is -2.22. The Morgan fingerprint density at radius 3 is 2.45 bits per heavy atom. The molecule has 0 spiro atoms. The van der Waals surface area contributed by atoms with Crippen LogP contribution in [0.25, 0.3) is 21.7 Å². The zero-order valence-electron chi connectivity index (χ0n) is 17.9. The van der Waals surface area contributed by atoms with E-state index in [-0.39, 0.29) is 12.1 Å². The molecule has 6 rings (SSSR count). The molecule has 0 bridgehead atoms. The standard InChI is InChI=1S/C25H22Cl2N6/c26-16-9-10-18(19(27)12-16)24-21(13-5-6-13)30-25(22(29-24)14-7-8-14)31-23-17-4-2-1-3-15(17)11-20(23)32-33-28/h1-4,9-10,12-14,20,23H,5-8,11H2,(H,30,31)/t20-,23-/m1/s1. The second-order valence-electron chi connectivity index (χ2n) is 9.16. The Morgan fingerprint density at radius 1 is 0.970 bits per heavy atom. The van der Waals surface area contributed by atoms with Crippen molar-refractivity contribution >= 4 is 29.0 Å². The number of fused-ring (bicyclic) bond motifs is 1. The Labute approximate surface area is 202 Å². The minimum Gasteiger partial charge on any atom is -0.361 e. The van der Waals surface area contributed by atoms with Crippen LogP contribution in [0.3, 0.4) is 0 Å². The van der Waals surface area contributed by atoms with E-state index in [4.69, 9.17) is 38.7 Å². The number of anilines is 1. The minimum atomic E-state index is -0.198. The summed E-state index contributed by atoms with van der Waals surface area (Å²) in [6, 6.07) is 13.5. The van der Waals surface area contributed by atoms with Gasteiger partial charge < -0.3 is 5.32 Å². The Hall–Kier alpha value is -2.79. The summed E-state index contributed by atoms with van der Waals surface area (Å²) in [7, 11) is 0. The van der Waals surface area contributed by atoms with Gasteiger partial charge in [0.25, 0.3) is 0 Å². The summed E-state index contributed by atoms with van der Waals surface area (Å²) in [6.45, 7) is 0. The normalized spacial score (nSPS) is 21.4. The Kier molecular flexibility index (Phi) is 5.17. The van der Waals surface area contributed by atoms with Gasteiger partial charge in [-0.25, -0.2) is 9.97 Å². The quantitative estimate of drug-likeness (QED) is 0.225.